The van der Waals surface area contributed by atoms with Crippen LogP contribution in [0.4, 0.5) is 4.79 Å². The van der Waals surface area contributed by atoms with E-state index >= 15 is 0 Å². The third-order valence-electron chi connectivity index (χ3n) is 4.30. The highest BCUT2D eigenvalue weighted by Gasteiger charge is 2.29. The van der Waals surface area contributed by atoms with Crippen molar-refractivity contribution in [3.05, 3.63) is 64.3 Å². The van der Waals surface area contributed by atoms with Crippen molar-refractivity contribution in [1.29, 1.82) is 0 Å². The number of carbonyl (C=O) groups is 1. The topological polar surface area (TPSA) is 118 Å². The first kappa shape index (κ1) is 16.7. The third-order valence-corrected chi connectivity index (χ3v) is 4.30. The lowest BCUT2D eigenvalue weighted by atomic mass is 9.99. The van der Waals surface area contributed by atoms with Crippen LogP contribution in [0.2, 0.25) is 0 Å². The van der Waals surface area contributed by atoms with Crippen LogP contribution in [0.3, 0.4) is 0 Å². The van der Waals surface area contributed by atoms with Gasteiger partial charge in [0.15, 0.2) is 5.82 Å². The summed E-state index contributed by atoms with van der Waals surface area (Å²) in [6.07, 6.45) is -0.837. The third kappa shape index (κ3) is 3.10. The van der Waals surface area contributed by atoms with E-state index in [0.29, 0.717) is 35.2 Å². The number of ether oxygens (including phenoxy) is 2. The average Bonchev–Trinajstić information content (AvgIpc) is 3.04. The standard InChI is InChI=1S/C18H16N4O5/c1-26-11-3-2-4-12(9-11)27-13-5-6-15-10(7-13)8-14(19-18(24)25)16-20-21-17(23)22(15)16/h2-7,9,14,19H,8H2,1H3,(H,21,23)(H,24,25). The van der Waals surface area contributed by atoms with Gasteiger partial charge in [0.05, 0.1) is 18.8 Å². The van der Waals surface area contributed by atoms with Crippen molar-refractivity contribution in [2.75, 3.05) is 7.11 Å². The molecular formula is C18H16N4O5. The summed E-state index contributed by atoms with van der Waals surface area (Å²) in [5.74, 6) is 2.17. The largest absolute Gasteiger partial charge is 0.497 e. The lowest BCUT2D eigenvalue weighted by Crippen LogP contribution is -2.35. The predicted octanol–water partition coefficient (Wildman–Crippen LogP) is 2.23. The van der Waals surface area contributed by atoms with Crippen LogP contribution in [-0.2, 0) is 6.42 Å². The molecule has 0 saturated carbocycles. The number of hydrogen-bond acceptors (Lipinski definition) is 5. The Kier molecular flexibility index (Phi) is 4.03. The van der Waals surface area contributed by atoms with E-state index in [-0.39, 0.29) is 0 Å². The monoisotopic (exact) mass is 368 g/mol. The normalized spacial score (nSPS) is 14.8. The minimum absolute atomic E-state index is 0.330. The summed E-state index contributed by atoms with van der Waals surface area (Å²) in [6.45, 7) is 0. The number of carboxylic acid groups (broad SMARTS) is 1. The smallest absolute Gasteiger partial charge is 0.405 e. The molecule has 1 aliphatic heterocycles. The Balaban J connectivity index is 1.70. The van der Waals surface area contributed by atoms with E-state index in [0.717, 1.165) is 5.56 Å². The molecule has 3 aromatic rings. The molecule has 1 atom stereocenters. The lowest BCUT2D eigenvalue weighted by molar-refractivity contribution is 0.188. The highest BCUT2D eigenvalue weighted by Crippen LogP contribution is 2.33. The molecule has 1 unspecified atom stereocenters. The van der Waals surface area contributed by atoms with Gasteiger partial charge in [-0.2, -0.15) is 5.10 Å². The average molecular weight is 368 g/mol. The van der Waals surface area contributed by atoms with Crippen molar-refractivity contribution in [3.8, 4) is 22.9 Å². The van der Waals surface area contributed by atoms with E-state index in [9.17, 15) is 9.59 Å². The van der Waals surface area contributed by atoms with E-state index in [1.54, 1.807) is 37.4 Å². The highest BCUT2D eigenvalue weighted by molar-refractivity contribution is 5.65. The summed E-state index contributed by atoms with van der Waals surface area (Å²) in [6, 6.07) is 11.8. The molecule has 1 amide bonds. The first-order valence-corrected chi connectivity index (χ1v) is 8.17. The van der Waals surface area contributed by atoms with Gasteiger partial charge in [-0.1, -0.05) is 6.07 Å². The molecule has 4 rings (SSSR count). The van der Waals surface area contributed by atoms with E-state index in [4.69, 9.17) is 14.6 Å². The number of methoxy groups -OCH3 is 1. The van der Waals surface area contributed by atoms with Gasteiger partial charge in [-0.05, 0) is 35.9 Å². The lowest BCUT2D eigenvalue weighted by Gasteiger charge is -2.25. The number of aromatic nitrogens is 3. The van der Waals surface area contributed by atoms with Crippen molar-refractivity contribution in [2.24, 2.45) is 0 Å². The number of fused-ring (bicyclic) bond motifs is 3. The second-order valence-electron chi connectivity index (χ2n) is 6.00. The van der Waals surface area contributed by atoms with Crippen LogP contribution in [0.1, 0.15) is 17.4 Å². The van der Waals surface area contributed by atoms with Crippen molar-refractivity contribution in [2.45, 2.75) is 12.5 Å². The fourth-order valence-corrected chi connectivity index (χ4v) is 3.16. The maximum atomic E-state index is 12.1. The molecule has 138 valence electrons. The van der Waals surface area contributed by atoms with E-state index in [1.165, 1.54) is 4.57 Å². The van der Waals surface area contributed by atoms with Crippen LogP contribution in [0, 0.1) is 0 Å². The van der Waals surface area contributed by atoms with Crippen LogP contribution in [0.15, 0.2) is 47.3 Å². The number of hydrogen-bond donors (Lipinski definition) is 3. The van der Waals surface area contributed by atoms with Gasteiger partial charge in [-0.25, -0.2) is 19.3 Å². The molecular weight excluding hydrogens is 352 g/mol. The minimum Gasteiger partial charge on any atom is -0.497 e. The predicted molar refractivity (Wildman–Crippen MR) is 94.9 cm³/mol. The summed E-state index contributed by atoms with van der Waals surface area (Å²) in [4.78, 5) is 23.2. The molecule has 0 aliphatic carbocycles. The van der Waals surface area contributed by atoms with Gasteiger partial charge in [0.2, 0.25) is 0 Å². The van der Waals surface area contributed by atoms with Gasteiger partial charge in [-0.15, -0.1) is 0 Å². The van der Waals surface area contributed by atoms with E-state index in [2.05, 4.69) is 15.5 Å². The van der Waals surface area contributed by atoms with Crippen molar-refractivity contribution >= 4 is 6.09 Å². The molecule has 2 aromatic carbocycles. The van der Waals surface area contributed by atoms with Crippen LogP contribution in [0.5, 0.6) is 17.2 Å². The Bertz CT molecular complexity index is 1070. The van der Waals surface area contributed by atoms with Crippen LogP contribution in [0.25, 0.3) is 5.69 Å². The fourth-order valence-electron chi connectivity index (χ4n) is 3.16. The zero-order valence-corrected chi connectivity index (χ0v) is 14.3. The molecule has 27 heavy (non-hydrogen) atoms. The molecule has 1 aromatic heterocycles. The quantitative estimate of drug-likeness (QED) is 0.650. The number of H-pyrrole nitrogens is 1. The summed E-state index contributed by atoms with van der Waals surface area (Å²) < 4.78 is 12.4. The van der Waals surface area contributed by atoms with Crippen LogP contribution < -0.4 is 20.5 Å². The molecule has 3 N–H and O–H groups in total. The highest BCUT2D eigenvalue weighted by atomic mass is 16.5. The molecule has 1 aliphatic rings. The minimum atomic E-state index is -1.19. The number of nitrogens with zero attached hydrogens (tertiary/aromatic N) is 2. The SMILES string of the molecule is COc1cccc(Oc2ccc3c(c2)CC(NC(=O)O)c2n[nH]c(=O)n2-3)c1. The maximum absolute atomic E-state index is 12.1. The summed E-state index contributed by atoms with van der Waals surface area (Å²) in [5, 5.41) is 17.8. The van der Waals surface area contributed by atoms with Crippen molar-refractivity contribution in [3.63, 3.8) is 0 Å². The van der Waals surface area contributed by atoms with Crippen LogP contribution >= 0.6 is 0 Å². The van der Waals surface area contributed by atoms with Gasteiger partial charge in [0.1, 0.15) is 17.2 Å². The number of rotatable bonds is 4. The van der Waals surface area contributed by atoms with E-state index in [1.807, 2.05) is 12.1 Å². The molecule has 9 nitrogen and oxygen atoms in total. The van der Waals surface area contributed by atoms with Gasteiger partial charge >= 0.3 is 11.8 Å². The number of amides is 1. The summed E-state index contributed by atoms with van der Waals surface area (Å²) >= 11 is 0. The van der Waals surface area contributed by atoms with Gasteiger partial charge in [0, 0.05) is 12.5 Å². The Morgan fingerprint density at radius 3 is 2.81 bits per heavy atom. The molecule has 0 saturated heterocycles. The van der Waals surface area contributed by atoms with Gasteiger partial charge in [-0.3, -0.25) is 0 Å². The molecule has 0 bridgehead atoms. The molecule has 0 fully saturated rings. The summed E-state index contributed by atoms with van der Waals surface area (Å²) in [7, 11) is 1.58. The van der Waals surface area contributed by atoms with Gasteiger partial charge in [0.25, 0.3) is 0 Å². The molecule has 0 radical (unpaired) electrons. The molecule has 2 heterocycles. The van der Waals surface area contributed by atoms with Gasteiger partial charge < -0.3 is 19.9 Å². The van der Waals surface area contributed by atoms with Crippen molar-refractivity contribution in [1.82, 2.24) is 20.1 Å². The number of aromatic amines is 1. The zero-order chi connectivity index (χ0) is 19.0. The second kappa shape index (κ2) is 6.52. The first-order valence-electron chi connectivity index (χ1n) is 8.17. The Morgan fingerprint density at radius 2 is 2.04 bits per heavy atom. The Morgan fingerprint density at radius 1 is 1.26 bits per heavy atom. The molecule has 9 heteroatoms. The maximum Gasteiger partial charge on any atom is 0.405 e. The van der Waals surface area contributed by atoms with E-state index < -0.39 is 17.8 Å². The first-order chi connectivity index (χ1) is 13.0. The summed E-state index contributed by atoms with van der Waals surface area (Å²) in [5.41, 5.74) is 0.986. The number of benzene rings is 2. The zero-order valence-electron chi connectivity index (χ0n) is 14.3. The Hall–Kier alpha value is -3.75. The second-order valence-corrected chi connectivity index (χ2v) is 6.00. The fraction of sp³-hybridized carbons (Fsp3) is 0.167. The Labute approximate surface area is 153 Å². The number of nitrogens with one attached hydrogen (secondary N) is 2. The van der Waals surface area contributed by atoms with Crippen LogP contribution in [-0.4, -0.2) is 33.1 Å². The molecule has 0 spiro atoms. The van der Waals surface area contributed by atoms with Crippen molar-refractivity contribution < 1.29 is 19.4 Å².